The Morgan fingerprint density at radius 3 is 3.07 bits per heavy atom. The van der Waals surface area contributed by atoms with Gasteiger partial charge in [0.25, 0.3) is 0 Å². The molecule has 0 bridgehead atoms. The van der Waals surface area contributed by atoms with Crippen LogP contribution < -0.4 is 5.73 Å². The zero-order chi connectivity index (χ0) is 10.3. The van der Waals surface area contributed by atoms with Crippen molar-refractivity contribution in [2.75, 3.05) is 5.73 Å². The van der Waals surface area contributed by atoms with Crippen LogP contribution in [-0.4, -0.2) is 15.2 Å². The predicted octanol–water partition coefficient (Wildman–Crippen LogP) is 1.80. The van der Waals surface area contributed by atoms with E-state index in [4.69, 9.17) is 10.2 Å². The van der Waals surface area contributed by atoms with Gasteiger partial charge in [-0.15, -0.1) is 0 Å². The van der Waals surface area contributed by atoms with Gasteiger partial charge in [0.1, 0.15) is 12.0 Å². The summed E-state index contributed by atoms with van der Waals surface area (Å²) in [7, 11) is 0. The highest BCUT2D eigenvalue weighted by Gasteiger charge is 2.06. The fourth-order valence-electron chi connectivity index (χ4n) is 1.58. The summed E-state index contributed by atoms with van der Waals surface area (Å²) >= 11 is 0. The van der Waals surface area contributed by atoms with E-state index < -0.39 is 0 Å². The molecule has 0 fully saturated rings. The standard InChI is InChI=1S/C10H8N4O/c11-8-1-6(10-4-15-5-12-10)2-9-7(8)3-13-14-9/h1-5H,11H2,(H,13,14). The maximum Gasteiger partial charge on any atom is 0.181 e. The summed E-state index contributed by atoms with van der Waals surface area (Å²) in [4.78, 5) is 4.06. The van der Waals surface area contributed by atoms with Gasteiger partial charge in [0, 0.05) is 16.6 Å². The summed E-state index contributed by atoms with van der Waals surface area (Å²) in [6, 6.07) is 3.80. The van der Waals surface area contributed by atoms with Gasteiger partial charge < -0.3 is 10.2 Å². The lowest BCUT2D eigenvalue weighted by atomic mass is 10.1. The van der Waals surface area contributed by atoms with Crippen molar-refractivity contribution in [3.8, 4) is 11.3 Å². The van der Waals surface area contributed by atoms with Crippen molar-refractivity contribution in [3.05, 3.63) is 31.0 Å². The number of H-pyrrole nitrogens is 1. The second-order valence-electron chi connectivity index (χ2n) is 3.27. The topological polar surface area (TPSA) is 80.7 Å². The molecule has 0 amide bonds. The molecule has 0 aliphatic heterocycles. The molecule has 74 valence electrons. The Balaban J connectivity index is 2.29. The third kappa shape index (κ3) is 1.17. The maximum atomic E-state index is 5.89. The minimum atomic E-state index is 0.680. The molecule has 0 unspecified atom stereocenters. The summed E-state index contributed by atoms with van der Waals surface area (Å²) in [6.07, 6.45) is 4.68. The minimum absolute atomic E-state index is 0.680. The summed E-state index contributed by atoms with van der Waals surface area (Å²) in [5.74, 6) is 0. The van der Waals surface area contributed by atoms with Crippen molar-refractivity contribution in [3.63, 3.8) is 0 Å². The van der Waals surface area contributed by atoms with Crippen LogP contribution in [0.15, 0.2) is 35.4 Å². The van der Waals surface area contributed by atoms with Gasteiger partial charge in [-0.25, -0.2) is 4.98 Å². The molecule has 5 heteroatoms. The summed E-state index contributed by atoms with van der Waals surface area (Å²) in [6.45, 7) is 0. The van der Waals surface area contributed by atoms with Crippen molar-refractivity contribution in [1.82, 2.24) is 15.2 Å². The molecule has 0 atom stereocenters. The maximum absolute atomic E-state index is 5.89. The molecular weight excluding hydrogens is 192 g/mol. The van der Waals surface area contributed by atoms with E-state index in [2.05, 4.69) is 15.2 Å². The zero-order valence-electron chi connectivity index (χ0n) is 7.77. The quantitative estimate of drug-likeness (QED) is 0.587. The fourth-order valence-corrected chi connectivity index (χ4v) is 1.58. The first-order valence-electron chi connectivity index (χ1n) is 4.46. The third-order valence-corrected chi connectivity index (χ3v) is 2.32. The number of aromatic nitrogens is 3. The number of hydrogen-bond donors (Lipinski definition) is 2. The number of hydrogen-bond acceptors (Lipinski definition) is 4. The normalized spacial score (nSPS) is 10.9. The minimum Gasteiger partial charge on any atom is -0.451 e. The number of nitrogens with one attached hydrogen (secondary N) is 1. The van der Waals surface area contributed by atoms with Crippen LogP contribution in [0.1, 0.15) is 0 Å². The van der Waals surface area contributed by atoms with Gasteiger partial charge in [0.2, 0.25) is 0 Å². The molecule has 0 aliphatic rings. The van der Waals surface area contributed by atoms with Crippen molar-refractivity contribution in [1.29, 1.82) is 0 Å². The van der Waals surface area contributed by atoms with E-state index in [1.54, 1.807) is 12.5 Å². The molecule has 3 aromatic rings. The first-order chi connectivity index (χ1) is 7.34. The monoisotopic (exact) mass is 200 g/mol. The highest BCUT2D eigenvalue weighted by molar-refractivity contribution is 5.93. The number of fused-ring (bicyclic) bond motifs is 1. The number of oxazole rings is 1. The molecule has 2 aromatic heterocycles. The van der Waals surface area contributed by atoms with E-state index in [-0.39, 0.29) is 0 Å². The van der Waals surface area contributed by atoms with Crippen LogP contribution in [0.5, 0.6) is 0 Å². The number of aromatic amines is 1. The second kappa shape index (κ2) is 2.84. The first-order valence-corrected chi connectivity index (χ1v) is 4.46. The van der Waals surface area contributed by atoms with Gasteiger partial charge in [0.05, 0.1) is 11.7 Å². The Labute approximate surface area is 84.9 Å². The first kappa shape index (κ1) is 8.05. The van der Waals surface area contributed by atoms with E-state index in [1.165, 1.54) is 6.39 Å². The zero-order valence-corrected chi connectivity index (χ0v) is 7.77. The van der Waals surface area contributed by atoms with Gasteiger partial charge in [-0.2, -0.15) is 5.10 Å². The van der Waals surface area contributed by atoms with Gasteiger partial charge in [-0.3, -0.25) is 5.10 Å². The van der Waals surface area contributed by atoms with Crippen LogP contribution in [0.25, 0.3) is 22.2 Å². The lowest BCUT2D eigenvalue weighted by Gasteiger charge is -1.99. The lowest BCUT2D eigenvalue weighted by Crippen LogP contribution is -1.87. The Hall–Kier alpha value is -2.30. The van der Waals surface area contributed by atoms with E-state index >= 15 is 0 Å². The highest BCUT2D eigenvalue weighted by Crippen LogP contribution is 2.26. The van der Waals surface area contributed by atoms with Crippen molar-refractivity contribution in [2.45, 2.75) is 0 Å². The van der Waals surface area contributed by atoms with E-state index in [0.29, 0.717) is 5.69 Å². The smallest absolute Gasteiger partial charge is 0.181 e. The van der Waals surface area contributed by atoms with Gasteiger partial charge in [0.15, 0.2) is 6.39 Å². The predicted molar refractivity (Wildman–Crippen MR) is 56.0 cm³/mol. The van der Waals surface area contributed by atoms with Crippen LogP contribution in [0, 0.1) is 0 Å². The molecule has 5 nitrogen and oxygen atoms in total. The summed E-state index contributed by atoms with van der Waals surface area (Å²) < 4.78 is 4.92. The SMILES string of the molecule is Nc1cc(-c2cocn2)cc2[nH]ncc12. The molecule has 0 aliphatic carbocycles. The Morgan fingerprint density at radius 2 is 2.27 bits per heavy atom. The second-order valence-corrected chi connectivity index (χ2v) is 3.27. The van der Waals surface area contributed by atoms with Crippen LogP contribution in [0.3, 0.4) is 0 Å². The average molecular weight is 200 g/mol. The summed E-state index contributed by atoms with van der Waals surface area (Å²) in [5.41, 5.74) is 9.14. The Kier molecular flexibility index (Phi) is 1.53. The van der Waals surface area contributed by atoms with Crippen molar-refractivity contribution >= 4 is 16.6 Å². The molecule has 0 spiro atoms. The largest absolute Gasteiger partial charge is 0.451 e. The Bertz CT molecular complexity index is 597. The van der Waals surface area contributed by atoms with Gasteiger partial charge in [-0.05, 0) is 12.1 Å². The van der Waals surface area contributed by atoms with E-state index in [9.17, 15) is 0 Å². The average Bonchev–Trinajstić information content (AvgIpc) is 2.88. The molecule has 3 rings (SSSR count). The number of anilines is 1. The van der Waals surface area contributed by atoms with Crippen LogP contribution in [0.4, 0.5) is 5.69 Å². The molecule has 3 N–H and O–H groups in total. The third-order valence-electron chi connectivity index (χ3n) is 2.32. The molecule has 0 saturated heterocycles. The van der Waals surface area contributed by atoms with Gasteiger partial charge in [-0.1, -0.05) is 0 Å². The fraction of sp³-hybridized carbons (Fsp3) is 0. The van der Waals surface area contributed by atoms with E-state index in [1.807, 2.05) is 12.1 Å². The number of nitrogens with zero attached hydrogens (tertiary/aromatic N) is 2. The molecule has 0 saturated carbocycles. The van der Waals surface area contributed by atoms with Gasteiger partial charge >= 0.3 is 0 Å². The Morgan fingerprint density at radius 1 is 1.33 bits per heavy atom. The molecule has 2 heterocycles. The molecule has 0 radical (unpaired) electrons. The van der Waals surface area contributed by atoms with Crippen molar-refractivity contribution < 1.29 is 4.42 Å². The lowest BCUT2D eigenvalue weighted by molar-refractivity contribution is 0.558. The van der Waals surface area contributed by atoms with Crippen LogP contribution in [-0.2, 0) is 0 Å². The highest BCUT2D eigenvalue weighted by atomic mass is 16.3. The number of benzene rings is 1. The number of nitrogens with two attached hydrogens (primary N) is 1. The molecular formula is C10H8N4O. The van der Waals surface area contributed by atoms with Crippen LogP contribution >= 0.6 is 0 Å². The van der Waals surface area contributed by atoms with Crippen LogP contribution in [0.2, 0.25) is 0 Å². The summed E-state index contributed by atoms with van der Waals surface area (Å²) in [5, 5.41) is 7.73. The van der Waals surface area contributed by atoms with Crippen molar-refractivity contribution in [2.24, 2.45) is 0 Å². The molecule has 15 heavy (non-hydrogen) atoms. The number of rotatable bonds is 1. The molecule has 1 aromatic carbocycles. The van der Waals surface area contributed by atoms with E-state index in [0.717, 1.165) is 22.2 Å². The number of nitrogen functional groups attached to an aromatic ring is 1.